The summed E-state index contributed by atoms with van der Waals surface area (Å²) in [7, 11) is 0. The van der Waals surface area contributed by atoms with E-state index < -0.39 is 5.41 Å². The van der Waals surface area contributed by atoms with Gasteiger partial charge >= 0.3 is 0 Å². The second-order valence-corrected chi connectivity index (χ2v) is 15.2. The van der Waals surface area contributed by atoms with Crippen molar-refractivity contribution in [1.82, 2.24) is 14.5 Å². The average Bonchev–Trinajstić information content (AvgIpc) is 3.72. The Morgan fingerprint density at radius 3 is 2.17 bits per heavy atom. The first kappa shape index (κ1) is 29.8. The maximum absolute atomic E-state index is 6.61. The molecule has 12 rings (SSSR count). The summed E-state index contributed by atoms with van der Waals surface area (Å²) in [5, 5.41) is 4.54. The zero-order valence-corrected chi connectivity index (χ0v) is 29.7. The van der Waals surface area contributed by atoms with Crippen LogP contribution in [-0.4, -0.2) is 14.5 Å². The van der Waals surface area contributed by atoms with Crippen molar-refractivity contribution in [2.24, 2.45) is 0 Å². The molecular formula is C49H29N3OS. The van der Waals surface area contributed by atoms with Gasteiger partial charge in [0, 0.05) is 43.7 Å². The number of furan rings is 1. The topological polar surface area (TPSA) is 43.9 Å². The quantitative estimate of drug-likeness (QED) is 0.179. The van der Waals surface area contributed by atoms with Crippen LogP contribution in [0.15, 0.2) is 178 Å². The maximum atomic E-state index is 6.61. The highest BCUT2D eigenvalue weighted by atomic mass is 32.2. The van der Waals surface area contributed by atoms with E-state index in [1.165, 1.54) is 43.2 Å². The van der Waals surface area contributed by atoms with Crippen molar-refractivity contribution < 1.29 is 4.42 Å². The molecule has 1 spiro atoms. The molecule has 5 heterocycles. The lowest BCUT2D eigenvalue weighted by Gasteiger charge is -2.43. The minimum Gasteiger partial charge on any atom is -0.456 e. The standard InChI is InChI=1S/C49H29N3OS/c1-3-13-38-30(10-1)18-19-31-20-21-33(32-22-23-42-36(26-32)35-12-9-25-51-48(35)52(42)47-17-7-8-24-50-47)27-40(31)49(38)39-14-4-6-16-45(39)54-46-28-37-34-11-2-5-15-43(34)53-44(37)29-41(46)49/h1-29H. The van der Waals surface area contributed by atoms with Gasteiger partial charge in [0.2, 0.25) is 0 Å². The van der Waals surface area contributed by atoms with Crippen LogP contribution in [0.2, 0.25) is 0 Å². The summed E-state index contributed by atoms with van der Waals surface area (Å²) < 4.78 is 8.78. The third kappa shape index (κ3) is 4.04. The van der Waals surface area contributed by atoms with Crippen molar-refractivity contribution in [2.45, 2.75) is 15.2 Å². The lowest BCUT2D eigenvalue weighted by molar-refractivity contribution is 0.659. The normalized spacial score (nSPS) is 15.7. The Morgan fingerprint density at radius 1 is 0.481 bits per heavy atom. The second kappa shape index (κ2) is 11.2. The van der Waals surface area contributed by atoms with Gasteiger partial charge in [-0.15, -0.1) is 0 Å². The second-order valence-electron chi connectivity index (χ2n) is 14.1. The number of aromatic nitrogens is 3. The van der Waals surface area contributed by atoms with E-state index in [1.54, 1.807) is 0 Å². The fraction of sp³-hybridized carbons (Fsp3) is 0.0204. The molecule has 0 radical (unpaired) electrons. The predicted molar refractivity (Wildman–Crippen MR) is 220 cm³/mol. The number of para-hydroxylation sites is 1. The van der Waals surface area contributed by atoms with Gasteiger partial charge < -0.3 is 4.42 Å². The van der Waals surface area contributed by atoms with Crippen molar-refractivity contribution in [3.8, 4) is 16.9 Å². The van der Waals surface area contributed by atoms with Crippen molar-refractivity contribution in [2.75, 3.05) is 0 Å². The Hall–Kier alpha value is -6.69. The van der Waals surface area contributed by atoms with E-state index in [2.05, 4.69) is 138 Å². The molecule has 0 N–H and O–H groups in total. The Labute approximate surface area is 315 Å². The van der Waals surface area contributed by atoms with Crippen LogP contribution in [0.1, 0.15) is 33.4 Å². The van der Waals surface area contributed by atoms with E-state index in [4.69, 9.17) is 14.4 Å². The minimum absolute atomic E-state index is 0.612. The fourth-order valence-electron chi connectivity index (χ4n) is 9.10. The van der Waals surface area contributed by atoms with Crippen LogP contribution in [0.4, 0.5) is 0 Å². The van der Waals surface area contributed by atoms with E-state index in [9.17, 15) is 0 Å². The molecule has 1 aliphatic carbocycles. The Kier molecular flexibility index (Phi) is 6.17. The first-order valence-electron chi connectivity index (χ1n) is 18.2. The molecule has 0 saturated heterocycles. The zero-order chi connectivity index (χ0) is 35.4. The number of nitrogens with zero attached hydrogens (tertiary/aromatic N) is 3. The summed E-state index contributed by atoms with van der Waals surface area (Å²) in [6.07, 6.45) is 8.28. The summed E-state index contributed by atoms with van der Waals surface area (Å²) >= 11 is 1.86. The molecule has 54 heavy (non-hydrogen) atoms. The molecule has 0 amide bonds. The first-order chi connectivity index (χ1) is 26.8. The van der Waals surface area contributed by atoms with E-state index in [0.717, 1.165) is 60.8 Å². The number of benzene rings is 6. The highest BCUT2D eigenvalue weighted by Gasteiger charge is 2.47. The summed E-state index contributed by atoms with van der Waals surface area (Å²) in [5.74, 6) is 0.854. The van der Waals surface area contributed by atoms with Crippen molar-refractivity contribution in [1.29, 1.82) is 0 Å². The van der Waals surface area contributed by atoms with Gasteiger partial charge in [-0.05, 0) is 111 Å². The Balaban J connectivity index is 1.16. The Morgan fingerprint density at radius 2 is 1.24 bits per heavy atom. The van der Waals surface area contributed by atoms with E-state index in [-0.39, 0.29) is 0 Å². The third-order valence-electron chi connectivity index (χ3n) is 11.4. The fourth-order valence-corrected chi connectivity index (χ4v) is 10.3. The van der Waals surface area contributed by atoms with Gasteiger partial charge in [-0.25, -0.2) is 9.97 Å². The summed E-state index contributed by atoms with van der Waals surface area (Å²) in [6.45, 7) is 0. The molecule has 6 aromatic carbocycles. The number of fused-ring (bicyclic) bond motifs is 14. The van der Waals surface area contributed by atoms with Crippen LogP contribution in [0.5, 0.6) is 0 Å². The van der Waals surface area contributed by atoms with Gasteiger partial charge in [0.25, 0.3) is 0 Å². The molecule has 0 fully saturated rings. The van der Waals surface area contributed by atoms with Crippen molar-refractivity contribution in [3.63, 3.8) is 0 Å². The predicted octanol–water partition coefficient (Wildman–Crippen LogP) is 12.5. The lowest BCUT2D eigenvalue weighted by atomic mass is 9.63. The van der Waals surface area contributed by atoms with Gasteiger partial charge in [-0.1, -0.05) is 109 Å². The third-order valence-corrected chi connectivity index (χ3v) is 12.5. The zero-order valence-electron chi connectivity index (χ0n) is 28.9. The number of hydrogen-bond acceptors (Lipinski definition) is 4. The highest BCUT2D eigenvalue weighted by molar-refractivity contribution is 7.99. The maximum Gasteiger partial charge on any atom is 0.146 e. The van der Waals surface area contributed by atoms with E-state index in [0.29, 0.717) is 0 Å². The van der Waals surface area contributed by atoms with Crippen molar-refractivity contribution in [3.05, 3.63) is 197 Å². The molecule has 5 heteroatoms. The molecule has 4 aromatic heterocycles. The highest BCUT2D eigenvalue weighted by Crippen LogP contribution is 2.59. The van der Waals surface area contributed by atoms with Crippen molar-refractivity contribution >= 4 is 67.8 Å². The van der Waals surface area contributed by atoms with Gasteiger partial charge in [0.05, 0.1) is 10.9 Å². The molecule has 2 aliphatic rings. The number of hydrogen-bond donors (Lipinski definition) is 0. The summed E-state index contributed by atoms with van der Waals surface area (Å²) in [5.41, 5.74) is 12.9. The minimum atomic E-state index is -0.612. The molecule has 4 nitrogen and oxygen atoms in total. The van der Waals surface area contributed by atoms with Gasteiger partial charge in [0.1, 0.15) is 22.6 Å². The largest absolute Gasteiger partial charge is 0.456 e. The molecule has 1 atom stereocenters. The SMILES string of the molecule is C1=Cc2ccc(-c3ccc4c(c3)c3cccnc3n4-c3ccccn3)cc2C2(c3ccccc31)c1ccccc1Sc1cc3c(cc12)oc1ccccc13. The van der Waals surface area contributed by atoms with Crippen LogP contribution in [-0.2, 0) is 5.41 Å². The van der Waals surface area contributed by atoms with Gasteiger partial charge in [0.15, 0.2) is 0 Å². The van der Waals surface area contributed by atoms with Gasteiger partial charge in [-0.2, -0.15) is 0 Å². The van der Waals surface area contributed by atoms with Crippen LogP contribution in [0, 0.1) is 0 Å². The molecule has 0 saturated carbocycles. The number of pyridine rings is 2. The van der Waals surface area contributed by atoms with Crippen LogP contribution < -0.4 is 0 Å². The van der Waals surface area contributed by atoms with Crippen LogP contribution in [0.3, 0.4) is 0 Å². The van der Waals surface area contributed by atoms with E-state index >= 15 is 0 Å². The van der Waals surface area contributed by atoms with Crippen LogP contribution >= 0.6 is 11.8 Å². The summed E-state index contributed by atoms with van der Waals surface area (Å²) in [4.78, 5) is 12.0. The smallest absolute Gasteiger partial charge is 0.146 e. The van der Waals surface area contributed by atoms with Crippen LogP contribution in [0.25, 0.3) is 73.0 Å². The molecule has 1 unspecified atom stereocenters. The number of rotatable bonds is 2. The molecule has 0 bridgehead atoms. The molecule has 10 aromatic rings. The average molecular weight is 708 g/mol. The molecule has 1 aliphatic heterocycles. The molecular weight excluding hydrogens is 679 g/mol. The molecule has 252 valence electrons. The Bertz CT molecular complexity index is 3210. The lowest BCUT2D eigenvalue weighted by Crippen LogP contribution is -2.35. The monoisotopic (exact) mass is 707 g/mol. The summed E-state index contributed by atoms with van der Waals surface area (Å²) in [6, 6.07) is 55.0. The van der Waals surface area contributed by atoms with E-state index in [1.807, 2.05) is 54.5 Å². The first-order valence-corrected chi connectivity index (χ1v) is 19.0. The van der Waals surface area contributed by atoms with Gasteiger partial charge in [-0.3, -0.25) is 4.57 Å².